The van der Waals surface area contributed by atoms with E-state index in [2.05, 4.69) is 15.0 Å². The lowest BCUT2D eigenvalue weighted by Gasteiger charge is -2.17. The van der Waals surface area contributed by atoms with Crippen molar-refractivity contribution in [3.63, 3.8) is 0 Å². The van der Waals surface area contributed by atoms with Crippen molar-refractivity contribution in [3.8, 4) is 5.75 Å². The fraction of sp³-hybridized carbons (Fsp3) is 0.312. The second kappa shape index (κ2) is 8.28. The maximum Gasteiger partial charge on any atom is 0.387 e. The number of aliphatic hydroxyl groups excluding tert-OH is 1. The van der Waals surface area contributed by atoms with Crippen LogP contribution >= 0.6 is 0 Å². The molecule has 0 unspecified atom stereocenters. The topological polar surface area (TPSA) is 57.6 Å². The number of anilines is 2. The second-order valence-electron chi connectivity index (χ2n) is 4.92. The molecule has 0 saturated carbocycles. The molecule has 2 aromatic rings. The lowest BCUT2D eigenvalue weighted by atomic mass is 10.2. The molecule has 0 radical (unpaired) electrons. The largest absolute Gasteiger partial charge is 0.435 e. The van der Waals surface area contributed by atoms with Crippen molar-refractivity contribution in [2.45, 2.75) is 13.2 Å². The first kappa shape index (κ1) is 17.0. The fourth-order valence-electron chi connectivity index (χ4n) is 1.98. The van der Waals surface area contributed by atoms with Crippen molar-refractivity contribution in [3.05, 3.63) is 48.2 Å². The van der Waals surface area contributed by atoms with Gasteiger partial charge in [-0.2, -0.15) is 8.78 Å². The Bertz CT molecular complexity index is 591. The molecule has 2 N–H and O–H groups in total. The lowest BCUT2D eigenvalue weighted by Crippen LogP contribution is -2.21. The summed E-state index contributed by atoms with van der Waals surface area (Å²) in [5.74, 6) is 0.845. The highest BCUT2D eigenvalue weighted by Crippen LogP contribution is 2.17. The van der Waals surface area contributed by atoms with E-state index in [0.717, 1.165) is 11.3 Å². The van der Waals surface area contributed by atoms with Gasteiger partial charge in [0.25, 0.3) is 0 Å². The van der Waals surface area contributed by atoms with E-state index in [1.54, 1.807) is 18.3 Å². The number of ether oxygens (including phenoxy) is 1. The fourth-order valence-corrected chi connectivity index (χ4v) is 1.98. The molecular formula is C16H19F2N3O2. The minimum absolute atomic E-state index is 0.0851. The van der Waals surface area contributed by atoms with Gasteiger partial charge < -0.3 is 20.1 Å². The quantitative estimate of drug-likeness (QED) is 0.782. The van der Waals surface area contributed by atoms with Gasteiger partial charge in [-0.25, -0.2) is 4.98 Å². The summed E-state index contributed by atoms with van der Waals surface area (Å²) in [6.45, 7) is -1.66. The number of pyridine rings is 1. The van der Waals surface area contributed by atoms with Crippen LogP contribution in [0.2, 0.25) is 0 Å². The van der Waals surface area contributed by atoms with Crippen LogP contribution in [0.15, 0.2) is 42.6 Å². The molecule has 0 bridgehead atoms. The maximum atomic E-state index is 12.1. The Morgan fingerprint density at radius 1 is 1.22 bits per heavy atom. The normalized spacial score (nSPS) is 10.7. The molecule has 0 aliphatic carbocycles. The Balaban J connectivity index is 1.88. The van der Waals surface area contributed by atoms with Gasteiger partial charge in [0.1, 0.15) is 11.6 Å². The van der Waals surface area contributed by atoms with E-state index in [4.69, 9.17) is 5.11 Å². The van der Waals surface area contributed by atoms with Crippen LogP contribution in [0.5, 0.6) is 5.75 Å². The summed E-state index contributed by atoms with van der Waals surface area (Å²) in [5, 5.41) is 12.1. The standard InChI is InChI=1S/C16H19F2N3O2/c1-21(8-9-22)13-4-7-15(20-11-13)19-10-12-2-5-14(6-3-12)23-16(17)18/h2-7,11,16,22H,8-10H2,1H3,(H,19,20). The molecule has 0 aliphatic heterocycles. The third-order valence-electron chi connectivity index (χ3n) is 3.25. The number of likely N-dealkylation sites (N-methyl/N-ethyl adjacent to an activating group) is 1. The highest BCUT2D eigenvalue weighted by Gasteiger charge is 2.04. The molecule has 5 nitrogen and oxygen atoms in total. The van der Waals surface area contributed by atoms with Crippen LogP contribution in [0, 0.1) is 0 Å². The van der Waals surface area contributed by atoms with Gasteiger partial charge in [-0.15, -0.1) is 0 Å². The van der Waals surface area contributed by atoms with Crippen LogP contribution < -0.4 is 15.0 Å². The van der Waals surface area contributed by atoms with Crippen molar-refractivity contribution < 1.29 is 18.6 Å². The first-order valence-electron chi connectivity index (χ1n) is 7.14. The number of aliphatic hydroxyl groups is 1. The van der Waals surface area contributed by atoms with Crippen LogP contribution in [0.4, 0.5) is 20.3 Å². The van der Waals surface area contributed by atoms with E-state index in [1.165, 1.54) is 12.1 Å². The number of nitrogens with one attached hydrogen (secondary N) is 1. The summed E-state index contributed by atoms with van der Waals surface area (Å²) in [6.07, 6.45) is 1.72. The van der Waals surface area contributed by atoms with Crippen LogP contribution in [0.1, 0.15) is 5.56 Å². The van der Waals surface area contributed by atoms with Gasteiger partial charge in [0.05, 0.1) is 18.5 Å². The van der Waals surface area contributed by atoms with Gasteiger partial charge in [-0.05, 0) is 29.8 Å². The van der Waals surface area contributed by atoms with E-state index >= 15 is 0 Å². The third kappa shape index (κ3) is 5.37. The predicted molar refractivity (Wildman–Crippen MR) is 85.0 cm³/mol. The van der Waals surface area contributed by atoms with Crippen molar-refractivity contribution in [2.75, 3.05) is 30.4 Å². The maximum absolute atomic E-state index is 12.1. The third-order valence-corrected chi connectivity index (χ3v) is 3.25. The first-order valence-corrected chi connectivity index (χ1v) is 7.14. The molecule has 23 heavy (non-hydrogen) atoms. The number of hydrogen-bond donors (Lipinski definition) is 2. The SMILES string of the molecule is CN(CCO)c1ccc(NCc2ccc(OC(F)F)cc2)nc1. The van der Waals surface area contributed by atoms with Crippen LogP contribution in [-0.2, 0) is 6.54 Å². The van der Waals surface area contributed by atoms with E-state index in [9.17, 15) is 8.78 Å². The van der Waals surface area contributed by atoms with Gasteiger partial charge in [0.2, 0.25) is 0 Å². The minimum Gasteiger partial charge on any atom is -0.435 e. The van der Waals surface area contributed by atoms with Gasteiger partial charge in [0, 0.05) is 20.1 Å². The second-order valence-corrected chi connectivity index (χ2v) is 4.92. The zero-order valence-electron chi connectivity index (χ0n) is 12.7. The molecule has 0 atom stereocenters. The number of hydrogen-bond acceptors (Lipinski definition) is 5. The van der Waals surface area contributed by atoms with Crippen LogP contribution in [0.3, 0.4) is 0 Å². The molecule has 1 aromatic carbocycles. The Labute approximate surface area is 133 Å². The molecule has 1 aromatic heterocycles. The average Bonchev–Trinajstić information content (AvgIpc) is 2.54. The monoisotopic (exact) mass is 323 g/mol. The van der Waals surface area contributed by atoms with Crippen LogP contribution in [-0.4, -0.2) is 36.9 Å². The summed E-state index contributed by atoms with van der Waals surface area (Å²) in [7, 11) is 1.88. The number of alkyl halides is 2. The van der Waals surface area contributed by atoms with Crippen molar-refractivity contribution in [2.24, 2.45) is 0 Å². The molecule has 2 rings (SSSR count). The van der Waals surface area contributed by atoms with E-state index in [-0.39, 0.29) is 12.4 Å². The predicted octanol–water partition coefficient (Wildman–Crippen LogP) is 2.72. The lowest BCUT2D eigenvalue weighted by molar-refractivity contribution is -0.0498. The Hall–Kier alpha value is -2.41. The Morgan fingerprint density at radius 2 is 1.96 bits per heavy atom. The van der Waals surface area contributed by atoms with E-state index < -0.39 is 6.61 Å². The number of halogens is 2. The zero-order valence-corrected chi connectivity index (χ0v) is 12.7. The van der Waals surface area contributed by atoms with Crippen LogP contribution in [0.25, 0.3) is 0 Å². The molecule has 0 saturated heterocycles. The summed E-state index contributed by atoms with van der Waals surface area (Å²) in [6, 6.07) is 10.2. The average molecular weight is 323 g/mol. The smallest absolute Gasteiger partial charge is 0.387 e. The first-order chi connectivity index (χ1) is 11.1. The van der Waals surface area contributed by atoms with E-state index in [1.807, 2.05) is 24.1 Å². The highest BCUT2D eigenvalue weighted by atomic mass is 19.3. The Morgan fingerprint density at radius 3 is 2.52 bits per heavy atom. The summed E-state index contributed by atoms with van der Waals surface area (Å²) < 4.78 is 28.4. The molecular weight excluding hydrogens is 304 g/mol. The zero-order chi connectivity index (χ0) is 16.7. The van der Waals surface area contributed by atoms with Gasteiger partial charge in [0.15, 0.2) is 0 Å². The number of benzene rings is 1. The highest BCUT2D eigenvalue weighted by molar-refractivity contribution is 5.49. The number of aromatic nitrogens is 1. The molecule has 0 spiro atoms. The molecule has 7 heteroatoms. The summed E-state index contributed by atoms with van der Waals surface area (Å²) in [5.41, 5.74) is 1.84. The molecule has 0 aliphatic rings. The van der Waals surface area contributed by atoms with Gasteiger partial charge in [-0.1, -0.05) is 12.1 Å². The van der Waals surface area contributed by atoms with Crippen molar-refractivity contribution in [1.29, 1.82) is 0 Å². The van der Waals surface area contributed by atoms with Crippen molar-refractivity contribution >= 4 is 11.5 Å². The number of nitrogens with zero attached hydrogens (tertiary/aromatic N) is 2. The molecule has 124 valence electrons. The minimum atomic E-state index is -2.81. The molecule has 1 heterocycles. The molecule has 0 amide bonds. The molecule has 0 fully saturated rings. The Kier molecular flexibility index (Phi) is 6.10. The summed E-state index contributed by atoms with van der Waals surface area (Å²) in [4.78, 5) is 6.20. The van der Waals surface area contributed by atoms with E-state index in [0.29, 0.717) is 18.9 Å². The van der Waals surface area contributed by atoms with Crippen molar-refractivity contribution in [1.82, 2.24) is 4.98 Å². The van der Waals surface area contributed by atoms with Gasteiger partial charge in [-0.3, -0.25) is 0 Å². The summed E-state index contributed by atoms with van der Waals surface area (Å²) >= 11 is 0. The van der Waals surface area contributed by atoms with Gasteiger partial charge >= 0.3 is 6.61 Å². The number of rotatable bonds is 8.